The van der Waals surface area contributed by atoms with Crippen LogP contribution in [0.25, 0.3) is 0 Å². The van der Waals surface area contributed by atoms with E-state index in [0.29, 0.717) is 6.61 Å². The summed E-state index contributed by atoms with van der Waals surface area (Å²) in [7, 11) is 1.90. The zero-order chi connectivity index (χ0) is 15.5. The predicted molar refractivity (Wildman–Crippen MR) is 78.6 cm³/mol. The van der Waals surface area contributed by atoms with Gasteiger partial charge in [-0.3, -0.25) is 4.79 Å². The molecular weight excluding hydrogens is 285 g/mol. The van der Waals surface area contributed by atoms with E-state index in [-0.39, 0.29) is 30.3 Å². The largest absolute Gasteiger partial charge is 0.368 e. The molecule has 1 N–H and O–H groups in total. The van der Waals surface area contributed by atoms with Gasteiger partial charge in [0.05, 0.1) is 12.5 Å². The predicted octanol–water partition coefficient (Wildman–Crippen LogP) is 1.75. The quantitative estimate of drug-likeness (QED) is 0.936. The molecule has 1 saturated heterocycles. The number of aryl methyl sites for hydroxylation is 1. The van der Waals surface area contributed by atoms with Gasteiger partial charge in [-0.15, -0.1) is 0 Å². The van der Waals surface area contributed by atoms with Crippen molar-refractivity contribution in [2.75, 3.05) is 6.61 Å². The number of hydrogen-bond acceptors (Lipinski definition) is 3. The van der Waals surface area contributed by atoms with Gasteiger partial charge in [0.1, 0.15) is 17.7 Å². The van der Waals surface area contributed by atoms with E-state index in [2.05, 4.69) is 10.3 Å². The lowest BCUT2D eigenvalue weighted by molar-refractivity contribution is -0.121. The number of carbonyl (C=O) groups excluding carboxylic acids is 1. The summed E-state index contributed by atoms with van der Waals surface area (Å²) in [6.07, 6.45) is 4.33. The first-order valence-electron chi connectivity index (χ1n) is 7.26. The van der Waals surface area contributed by atoms with E-state index < -0.39 is 0 Å². The highest BCUT2D eigenvalue weighted by Crippen LogP contribution is 2.27. The van der Waals surface area contributed by atoms with Crippen LogP contribution in [0.15, 0.2) is 36.7 Å². The molecule has 1 aromatic carbocycles. The van der Waals surface area contributed by atoms with E-state index in [4.69, 9.17) is 4.74 Å². The topological polar surface area (TPSA) is 56.1 Å². The minimum Gasteiger partial charge on any atom is -0.368 e. The van der Waals surface area contributed by atoms with Crippen molar-refractivity contribution in [3.63, 3.8) is 0 Å². The van der Waals surface area contributed by atoms with Gasteiger partial charge in [-0.1, -0.05) is 12.1 Å². The molecule has 22 heavy (non-hydrogen) atoms. The van der Waals surface area contributed by atoms with Crippen LogP contribution >= 0.6 is 0 Å². The van der Waals surface area contributed by atoms with Crippen molar-refractivity contribution in [2.45, 2.75) is 25.0 Å². The smallest absolute Gasteiger partial charge is 0.224 e. The summed E-state index contributed by atoms with van der Waals surface area (Å²) in [6, 6.07) is 5.87. The van der Waals surface area contributed by atoms with Gasteiger partial charge in [0, 0.05) is 26.0 Å². The van der Waals surface area contributed by atoms with E-state index in [9.17, 15) is 9.18 Å². The Morgan fingerprint density at radius 2 is 2.23 bits per heavy atom. The van der Waals surface area contributed by atoms with E-state index in [0.717, 1.165) is 17.8 Å². The molecule has 1 amide bonds. The third kappa shape index (κ3) is 3.17. The van der Waals surface area contributed by atoms with Crippen LogP contribution in [0.2, 0.25) is 0 Å². The van der Waals surface area contributed by atoms with Crippen LogP contribution in [0, 0.1) is 5.82 Å². The number of nitrogens with one attached hydrogen (secondary N) is 1. The Kier molecular flexibility index (Phi) is 4.20. The van der Waals surface area contributed by atoms with Crippen molar-refractivity contribution in [2.24, 2.45) is 7.05 Å². The highest BCUT2D eigenvalue weighted by Gasteiger charge is 2.33. The Morgan fingerprint density at radius 3 is 2.91 bits per heavy atom. The average Bonchev–Trinajstić information content (AvgIpc) is 3.10. The number of carbonyl (C=O) groups is 1. The summed E-state index contributed by atoms with van der Waals surface area (Å²) in [6.45, 7) is 0.596. The Bertz CT molecular complexity index is 654. The van der Waals surface area contributed by atoms with Crippen molar-refractivity contribution in [3.8, 4) is 0 Å². The van der Waals surface area contributed by atoms with Gasteiger partial charge in [0.15, 0.2) is 0 Å². The van der Waals surface area contributed by atoms with Gasteiger partial charge < -0.3 is 14.6 Å². The molecule has 6 heteroatoms. The highest BCUT2D eigenvalue weighted by molar-refractivity contribution is 5.78. The molecule has 1 aliphatic rings. The molecule has 0 saturated carbocycles. The van der Waals surface area contributed by atoms with Crippen LogP contribution in [0.1, 0.15) is 23.9 Å². The number of aromatic nitrogens is 2. The molecule has 0 unspecified atom stereocenters. The van der Waals surface area contributed by atoms with E-state index >= 15 is 0 Å². The van der Waals surface area contributed by atoms with Crippen LogP contribution in [0.3, 0.4) is 0 Å². The van der Waals surface area contributed by atoms with Crippen molar-refractivity contribution >= 4 is 5.91 Å². The summed E-state index contributed by atoms with van der Waals surface area (Å²) in [5.74, 6) is 0.411. The SMILES string of the molecule is Cn1ccnc1[C@H]1OCC[C@@H]1NC(=O)Cc1ccc(F)cc1. The first kappa shape index (κ1) is 14.7. The number of benzene rings is 1. The van der Waals surface area contributed by atoms with Crippen LogP contribution in [0.5, 0.6) is 0 Å². The molecule has 2 heterocycles. The zero-order valence-corrected chi connectivity index (χ0v) is 12.3. The van der Waals surface area contributed by atoms with Crippen LogP contribution in [-0.2, 0) is 23.0 Å². The molecular formula is C16H18FN3O2. The highest BCUT2D eigenvalue weighted by atomic mass is 19.1. The maximum absolute atomic E-state index is 12.9. The van der Waals surface area contributed by atoms with Crippen molar-refractivity contribution in [1.29, 1.82) is 0 Å². The maximum Gasteiger partial charge on any atom is 0.224 e. The molecule has 2 atom stereocenters. The zero-order valence-electron chi connectivity index (χ0n) is 12.3. The molecule has 116 valence electrons. The van der Waals surface area contributed by atoms with Crippen molar-refractivity contribution < 1.29 is 13.9 Å². The number of ether oxygens (including phenoxy) is 1. The van der Waals surface area contributed by atoms with Crippen LogP contribution < -0.4 is 5.32 Å². The molecule has 2 aromatic rings. The number of rotatable bonds is 4. The Morgan fingerprint density at radius 1 is 1.45 bits per heavy atom. The summed E-state index contributed by atoms with van der Waals surface area (Å²) >= 11 is 0. The Hall–Kier alpha value is -2.21. The summed E-state index contributed by atoms with van der Waals surface area (Å²) < 4.78 is 20.5. The normalized spacial score (nSPS) is 21.0. The Balaban J connectivity index is 1.63. The fraction of sp³-hybridized carbons (Fsp3) is 0.375. The lowest BCUT2D eigenvalue weighted by Gasteiger charge is -2.19. The van der Waals surface area contributed by atoms with Gasteiger partial charge in [0.25, 0.3) is 0 Å². The molecule has 0 aliphatic carbocycles. The van der Waals surface area contributed by atoms with Crippen LogP contribution in [-0.4, -0.2) is 28.1 Å². The van der Waals surface area contributed by atoms with Crippen molar-refractivity contribution in [1.82, 2.24) is 14.9 Å². The average molecular weight is 303 g/mol. The molecule has 3 rings (SSSR count). The number of hydrogen-bond donors (Lipinski definition) is 1. The minimum absolute atomic E-state index is 0.0888. The van der Waals surface area contributed by atoms with Gasteiger partial charge in [-0.05, 0) is 24.1 Å². The maximum atomic E-state index is 12.9. The lowest BCUT2D eigenvalue weighted by Crippen LogP contribution is -2.38. The molecule has 0 bridgehead atoms. The first-order chi connectivity index (χ1) is 10.6. The van der Waals surface area contributed by atoms with Gasteiger partial charge in [0.2, 0.25) is 5.91 Å². The second-order valence-electron chi connectivity index (χ2n) is 5.45. The second kappa shape index (κ2) is 6.27. The van der Waals surface area contributed by atoms with Gasteiger partial charge in [-0.2, -0.15) is 0 Å². The number of amides is 1. The number of imidazole rings is 1. The fourth-order valence-electron chi connectivity index (χ4n) is 2.69. The molecule has 5 nitrogen and oxygen atoms in total. The number of halogens is 1. The minimum atomic E-state index is -0.303. The van der Waals surface area contributed by atoms with Gasteiger partial charge >= 0.3 is 0 Å². The first-order valence-corrected chi connectivity index (χ1v) is 7.26. The molecule has 1 aliphatic heterocycles. The summed E-state index contributed by atoms with van der Waals surface area (Å²) in [5.41, 5.74) is 0.784. The summed E-state index contributed by atoms with van der Waals surface area (Å²) in [4.78, 5) is 16.5. The van der Waals surface area contributed by atoms with Crippen molar-refractivity contribution in [3.05, 3.63) is 53.9 Å². The third-order valence-electron chi connectivity index (χ3n) is 3.83. The lowest BCUT2D eigenvalue weighted by atomic mass is 10.1. The van der Waals surface area contributed by atoms with Crippen LogP contribution in [0.4, 0.5) is 4.39 Å². The molecule has 1 fully saturated rings. The fourth-order valence-corrected chi connectivity index (χ4v) is 2.69. The van der Waals surface area contributed by atoms with E-state index in [1.807, 2.05) is 17.8 Å². The third-order valence-corrected chi connectivity index (χ3v) is 3.83. The van der Waals surface area contributed by atoms with Gasteiger partial charge in [-0.25, -0.2) is 9.37 Å². The number of nitrogens with zero attached hydrogens (tertiary/aromatic N) is 2. The standard InChI is InChI=1S/C16H18FN3O2/c1-20-8-7-18-16(20)15-13(6-9-22-15)19-14(21)10-11-2-4-12(17)5-3-11/h2-5,7-8,13,15H,6,9-10H2,1H3,(H,19,21)/t13-,15-/m0/s1. The molecule has 0 radical (unpaired) electrons. The monoisotopic (exact) mass is 303 g/mol. The van der Waals surface area contributed by atoms with E-state index in [1.54, 1.807) is 18.3 Å². The molecule has 1 aromatic heterocycles. The van der Waals surface area contributed by atoms with E-state index in [1.165, 1.54) is 12.1 Å². The second-order valence-corrected chi connectivity index (χ2v) is 5.45. The summed E-state index contributed by atoms with van der Waals surface area (Å²) in [5, 5.41) is 3.00. The Labute approximate surface area is 128 Å². The molecule has 0 spiro atoms.